The molecule has 1 saturated heterocycles. The fourth-order valence-corrected chi connectivity index (χ4v) is 4.88. The monoisotopic (exact) mass is 493 g/mol. The molecule has 0 saturated carbocycles. The maximum Gasteiger partial charge on any atom is 0.253 e. The van der Waals surface area contributed by atoms with Crippen molar-refractivity contribution in [3.8, 4) is 0 Å². The molecule has 1 aliphatic heterocycles. The summed E-state index contributed by atoms with van der Waals surface area (Å²) in [6.07, 6.45) is 4.91. The smallest absolute Gasteiger partial charge is 0.253 e. The van der Waals surface area contributed by atoms with Crippen LogP contribution in [-0.4, -0.2) is 54.9 Å². The van der Waals surface area contributed by atoms with Gasteiger partial charge in [-0.1, -0.05) is 41.4 Å². The van der Waals surface area contributed by atoms with Crippen molar-refractivity contribution in [1.82, 2.24) is 10.2 Å². The Morgan fingerprint density at radius 2 is 1.88 bits per heavy atom. The molecule has 32 heavy (non-hydrogen) atoms. The first-order valence-corrected chi connectivity index (χ1v) is 12.9. The molecule has 0 bridgehead atoms. The topological polar surface area (TPSA) is 52.7 Å². The van der Waals surface area contributed by atoms with E-state index < -0.39 is 6.04 Å². The number of nitrogens with zero attached hydrogens (tertiary/aromatic N) is 2. The van der Waals surface area contributed by atoms with Crippen LogP contribution in [-0.2, 0) is 11.3 Å². The highest BCUT2D eigenvalue weighted by Crippen LogP contribution is 2.26. The summed E-state index contributed by atoms with van der Waals surface area (Å²) < 4.78 is 0. The number of likely N-dealkylation sites (N-methyl/N-ethyl adjacent to an activating group) is 1. The number of para-hydroxylation sites is 1. The van der Waals surface area contributed by atoms with E-state index in [0.717, 1.165) is 24.4 Å². The molecule has 1 unspecified atom stereocenters. The summed E-state index contributed by atoms with van der Waals surface area (Å²) in [7, 11) is 1.79. The highest BCUT2D eigenvalue weighted by molar-refractivity contribution is 7.98. The molecule has 1 N–H and O–H groups in total. The van der Waals surface area contributed by atoms with Gasteiger partial charge >= 0.3 is 0 Å². The lowest BCUT2D eigenvalue weighted by Crippen LogP contribution is -2.47. The van der Waals surface area contributed by atoms with Crippen molar-refractivity contribution in [2.24, 2.45) is 0 Å². The fraction of sp³-hybridized carbons (Fsp3) is 0.417. The number of carbonyl (C=O) groups excluding carboxylic acids is 2. The lowest BCUT2D eigenvalue weighted by atomic mass is 10.1. The Morgan fingerprint density at radius 3 is 2.56 bits per heavy atom. The van der Waals surface area contributed by atoms with E-state index in [9.17, 15) is 9.59 Å². The lowest BCUT2D eigenvalue weighted by molar-refractivity contribution is -0.132. The van der Waals surface area contributed by atoms with Crippen molar-refractivity contribution in [3.63, 3.8) is 0 Å². The van der Waals surface area contributed by atoms with Gasteiger partial charge in [-0.05, 0) is 61.1 Å². The number of benzene rings is 2. The lowest BCUT2D eigenvalue weighted by Gasteiger charge is -2.27. The van der Waals surface area contributed by atoms with E-state index in [-0.39, 0.29) is 16.8 Å². The molecular formula is C24H29Cl2N3O2S. The van der Waals surface area contributed by atoms with Gasteiger partial charge in [0.15, 0.2) is 0 Å². The minimum atomic E-state index is -0.634. The molecule has 3 rings (SSSR count). The summed E-state index contributed by atoms with van der Waals surface area (Å²) in [5, 5.41) is 3.60. The van der Waals surface area contributed by atoms with Gasteiger partial charge in [0.1, 0.15) is 6.04 Å². The van der Waals surface area contributed by atoms with E-state index in [1.807, 2.05) is 18.4 Å². The van der Waals surface area contributed by atoms with Crippen LogP contribution in [0.1, 0.15) is 35.2 Å². The highest BCUT2D eigenvalue weighted by atomic mass is 35.5. The average molecular weight is 494 g/mol. The summed E-state index contributed by atoms with van der Waals surface area (Å²) in [5.41, 5.74) is 2.60. The molecule has 5 nitrogen and oxygen atoms in total. The quantitative estimate of drug-likeness (QED) is 0.527. The van der Waals surface area contributed by atoms with Crippen molar-refractivity contribution >= 4 is 52.5 Å². The maximum atomic E-state index is 13.3. The molecule has 1 heterocycles. The van der Waals surface area contributed by atoms with Gasteiger partial charge in [0, 0.05) is 37.4 Å². The van der Waals surface area contributed by atoms with Crippen LogP contribution in [0.2, 0.25) is 10.0 Å². The fourth-order valence-electron chi connectivity index (χ4n) is 3.91. The summed E-state index contributed by atoms with van der Waals surface area (Å²) in [4.78, 5) is 30.2. The summed E-state index contributed by atoms with van der Waals surface area (Å²) in [5.74, 6) is 0.258. The number of hydrogen-bond donors (Lipinski definition) is 1. The molecule has 1 atom stereocenters. The van der Waals surface area contributed by atoms with Gasteiger partial charge in [-0.3, -0.25) is 9.59 Å². The molecule has 0 aromatic heterocycles. The van der Waals surface area contributed by atoms with Crippen molar-refractivity contribution in [3.05, 3.63) is 63.6 Å². The van der Waals surface area contributed by atoms with Gasteiger partial charge in [0.05, 0.1) is 10.6 Å². The van der Waals surface area contributed by atoms with E-state index in [2.05, 4.69) is 22.3 Å². The molecule has 172 valence electrons. The second kappa shape index (κ2) is 11.8. The molecule has 0 spiro atoms. The van der Waals surface area contributed by atoms with Gasteiger partial charge in [0.25, 0.3) is 5.91 Å². The number of rotatable bonds is 9. The zero-order valence-corrected chi connectivity index (χ0v) is 20.8. The van der Waals surface area contributed by atoms with Crippen LogP contribution in [0.3, 0.4) is 0 Å². The number of carbonyl (C=O) groups is 2. The largest absolute Gasteiger partial charge is 0.371 e. The second-order valence-electron chi connectivity index (χ2n) is 7.95. The first-order chi connectivity index (χ1) is 15.4. The molecule has 2 aromatic rings. The predicted molar refractivity (Wildman–Crippen MR) is 135 cm³/mol. The van der Waals surface area contributed by atoms with Crippen LogP contribution < -0.4 is 10.2 Å². The molecule has 1 fully saturated rings. The number of thioether (sulfide) groups is 1. The Morgan fingerprint density at radius 1 is 1.16 bits per heavy atom. The van der Waals surface area contributed by atoms with E-state index >= 15 is 0 Å². The average Bonchev–Trinajstić information content (AvgIpc) is 3.31. The predicted octanol–water partition coefficient (Wildman–Crippen LogP) is 5.10. The van der Waals surface area contributed by atoms with Crippen molar-refractivity contribution < 1.29 is 9.59 Å². The maximum absolute atomic E-state index is 13.3. The number of anilines is 1. The number of hydrogen-bond acceptors (Lipinski definition) is 4. The van der Waals surface area contributed by atoms with E-state index in [1.54, 1.807) is 35.8 Å². The third-order valence-electron chi connectivity index (χ3n) is 5.61. The Balaban J connectivity index is 1.73. The van der Waals surface area contributed by atoms with Crippen LogP contribution in [0.25, 0.3) is 0 Å². The van der Waals surface area contributed by atoms with Crippen LogP contribution in [0.15, 0.2) is 42.5 Å². The van der Waals surface area contributed by atoms with Gasteiger partial charge in [-0.2, -0.15) is 11.8 Å². The number of nitrogens with one attached hydrogen (secondary N) is 1. The van der Waals surface area contributed by atoms with Crippen molar-refractivity contribution in [2.45, 2.75) is 31.8 Å². The molecule has 2 amide bonds. The third-order valence-corrected chi connectivity index (χ3v) is 6.80. The highest BCUT2D eigenvalue weighted by Gasteiger charge is 2.26. The molecule has 8 heteroatoms. The summed E-state index contributed by atoms with van der Waals surface area (Å²) >= 11 is 13.8. The van der Waals surface area contributed by atoms with Crippen LogP contribution >= 0.6 is 35.0 Å². The van der Waals surface area contributed by atoms with Gasteiger partial charge in [-0.15, -0.1) is 0 Å². The standard InChI is InChI=1S/C24H29Cl2N3O2S/c1-28(16-17-7-3-4-8-22(17)29-12-5-6-13-29)24(31)21(11-14-32-2)27-23(30)19-10-9-18(25)15-20(19)26/h3-4,7-10,15,21H,5-6,11-14,16H2,1-2H3,(H,27,30). The van der Waals surface area contributed by atoms with E-state index in [4.69, 9.17) is 23.2 Å². The Kier molecular flexibility index (Phi) is 9.14. The molecule has 1 aliphatic rings. The van der Waals surface area contributed by atoms with Crippen molar-refractivity contribution in [1.29, 1.82) is 0 Å². The Hall–Kier alpha value is -1.89. The molecule has 0 radical (unpaired) electrons. The summed E-state index contributed by atoms with van der Waals surface area (Å²) in [6, 6.07) is 12.3. The molecule has 0 aliphatic carbocycles. The second-order valence-corrected chi connectivity index (χ2v) is 9.78. The Bertz CT molecular complexity index is 951. The van der Waals surface area contributed by atoms with Gasteiger partial charge in [-0.25, -0.2) is 0 Å². The SMILES string of the molecule is CSCCC(NC(=O)c1ccc(Cl)cc1Cl)C(=O)N(C)Cc1ccccc1N1CCCC1. The Labute approximate surface area is 204 Å². The van der Waals surface area contributed by atoms with Crippen molar-refractivity contribution in [2.75, 3.05) is 37.0 Å². The van der Waals surface area contributed by atoms with Crippen LogP contribution in [0, 0.1) is 0 Å². The number of halogens is 2. The zero-order chi connectivity index (χ0) is 23.1. The first-order valence-electron chi connectivity index (χ1n) is 10.7. The minimum Gasteiger partial charge on any atom is -0.371 e. The zero-order valence-electron chi connectivity index (χ0n) is 18.4. The van der Waals surface area contributed by atoms with Crippen LogP contribution in [0.4, 0.5) is 5.69 Å². The van der Waals surface area contributed by atoms with Gasteiger partial charge < -0.3 is 15.1 Å². The van der Waals surface area contributed by atoms with Gasteiger partial charge in [0.2, 0.25) is 5.91 Å². The normalized spacial score (nSPS) is 14.3. The summed E-state index contributed by atoms with van der Waals surface area (Å²) in [6.45, 7) is 2.57. The van der Waals surface area contributed by atoms with Crippen LogP contribution in [0.5, 0.6) is 0 Å². The molecule has 2 aromatic carbocycles. The first kappa shape index (κ1) is 24.7. The minimum absolute atomic E-state index is 0.117. The van der Waals surface area contributed by atoms with E-state index in [1.165, 1.54) is 24.6 Å². The molecular weight excluding hydrogens is 465 g/mol. The van der Waals surface area contributed by atoms with E-state index in [0.29, 0.717) is 23.6 Å². The third kappa shape index (κ3) is 6.33. The number of amides is 2.